The van der Waals surface area contributed by atoms with Gasteiger partial charge in [0.2, 0.25) is 5.91 Å². The van der Waals surface area contributed by atoms with Gasteiger partial charge in [0.15, 0.2) is 6.10 Å². The lowest BCUT2D eigenvalue weighted by molar-refractivity contribution is -0.125. The second-order valence-corrected chi connectivity index (χ2v) is 5.48. The summed E-state index contributed by atoms with van der Waals surface area (Å²) >= 11 is 0. The monoisotopic (exact) mass is 287 g/mol. The van der Waals surface area contributed by atoms with Crippen LogP contribution in [0, 0.1) is 5.92 Å². The van der Waals surface area contributed by atoms with Gasteiger partial charge in [0.05, 0.1) is 11.4 Å². The van der Waals surface area contributed by atoms with E-state index in [0.29, 0.717) is 12.2 Å². The predicted octanol–water partition coefficient (Wildman–Crippen LogP) is 1.29. The molecule has 1 aromatic rings. The molecule has 2 unspecified atom stereocenters. The van der Waals surface area contributed by atoms with Crippen LogP contribution in [-0.2, 0) is 9.59 Å². The highest BCUT2D eigenvalue weighted by atomic mass is 16.5. The average Bonchev–Trinajstić information content (AvgIpc) is 2.45. The molecule has 0 radical (unpaired) electrons. The zero-order valence-electron chi connectivity index (χ0n) is 12.2. The topological polar surface area (TPSA) is 71.0 Å². The van der Waals surface area contributed by atoms with Crippen LogP contribution >= 0.6 is 0 Å². The standard InChI is InChI=1S/C15H17N3O3/c1-8-6-13(19)16-17-14(8)10-4-5-12-11(7-10)18(3)15(20)9(2)21-12/h4-5,7-9H,6H2,1-3H3,(H,16,19). The van der Waals surface area contributed by atoms with Crippen molar-refractivity contribution in [2.24, 2.45) is 11.0 Å². The summed E-state index contributed by atoms with van der Waals surface area (Å²) in [6, 6.07) is 5.63. The number of carbonyl (C=O) groups is 2. The van der Waals surface area contributed by atoms with E-state index >= 15 is 0 Å². The zero-order valence-corrected chi connectivity index (χ0v) is 12.2. The van der Waals surface area contributed by atoms with Crippen LogP contribution in [0.2, 0.25) is 0 Å². The Morgan fingerprint density at radius 2 is 2.10 bits per heavy atom. The maximum Gasteiger partial charge on any atom is 0.267 e. The van der Waals surface area contributed by atoms with Crippen LogP contribution in [0.4, 0.5) is 5.69 Å². The maximum absolute atomic E-state index is 12.0. The number of carbonyl (C=O) groups excluding carboxylic acids is 2. The number of nitrogens with zero attached hydrogens (tertiary/aromatic N) is 2. The van der Waals surface area contributed by atoms with Gasteiger partial charge in [0.1, 0.15) is 5.75 Å². The first-order chi connectivity index (χ1) is 9.97. The van der Waals surface area contributed by atoms with Crippen molar-refractivity contribution in [1.29, 1.82) is 0 Å². The second-order valence-electron chi connectivity index (χ2n) is 5.48. The van der Waals surface area contributed by atoms with Gasteiger partial charge in [0.25, 0.3) is 5.91 Å². The molecule has 0 saturated heterocycles. The highest BCUT2D eigenvalue weighted by Gasteiger charge is 2.30. The van der Waals surface area contributed by atoms with E-state index in [-0.39, 0.29) is 17.7 Å². The third-order valence-electron chi connectivity index (χ3n) is 3.86. The fourth-order valence-corrected chi connectivity index (χ4v) is 2.67. The molecule has 3 rings (SSSR count). The molecule has 0 fully saturated rings. The molecule has 6 heteroatoms. The minimum Gasteiger partial charge on any atom is -0.479 e. The lowest BCUT2D eigenvalue weighted by atomic mass is 9.93. The SMILES string of the molecule is CC1CC(=O)NN=C1c1ccc2c(c1)N(C)C(=O)C(C)O2. The Morgan fingerprint density at radius 3 is 2.81 bits per heavy atom. The lowest BCUT2D eigenvalue weighted by Gasteiger charge is -2.31. The zero-order chi connectivity index (χ0) is 15.1. The molecule has 21 heavy (non-hydrogen) atoms. The van der Waals surface area contributed by atoms with Crippen molar-refractivity contribution >= 4 is 23.2 Å². The number of ether oxygens (including phenoxy) is 1. The molecule has 6 nitrogen and oxygen atoms in total. The highest BCUT2D eigenvalue weighted by molar-refractivity contribution is 6.07. The number of rotatable bonds is 1. The minimum absolute atomic E-state index is 0.0428. The van der Waals surface area contributed by atoms with Crippen molar-refractivity contribution in [2.45, 2.75) is 26.4 Å². The van der Waals surface area contributed by atoms with Gasteiger partial charge >= 0.3 is 0 Å². The molecule has 1 aromatic carbocycles. The quantitative estimate of drug-likeness (QED) is 0.846. The Morgan fingerprint density at radius 1 is 1.33 bits per heavy atom. The first-order valence-corrected chi connectivity index (χ1v) is 6.92. The number of fused-ring (bicyclic) bond motifs is 1. The van der Waals surface area contributed by atoms with Crippen molar-refractivity contribution in [1.82, 2.24) is 5.43 Å². The normalized spacial score (nSPS) is 24.9. The van der Waals surface area contributed by atoms with Gasteiger partial charge in [-0.05, 0) is 25.1 Å². The molecule has 1 N–H and O–H groups in total. The Hall–Kier alpha value is -2.37. The number of nitrogens with one attached hydrogen (secondary N) is 1. The van der Waals surface area contributed by atoms with Crippen LogP contribution < -0.4 is 15.1 Å². The Kier molecular flexibility index (Phi) is 3.16. The number of likely N-dealkylation sites (N-methyl/N-ethyl adjacent to an activating group) is 1. The molecule has 2 amide bonds. The fraction of sp³-hybridized carbons (Fsp3) is 0.400. The second kappa shape index (κ2) is 4.87. The third kappa shape index (κ3) is 2.26. The molecule has 110 valence electrons. The Balaban J connectivity index is 2.00. The molecular weight excluding hydrogens is 270 g/mol. The molecule has 0 aromatic heterocycles. The van der Waals surface area contributed by atoms with Gasteiger partial charge < -0.3 is 9.64 Å². The van der Waals surface area contributed by atoms with Crippen LogP contribution in [0.1, 0.15) is 25.8 Å². The number of hydrazone groups is 1. The van der Waals surface area contributed by atoms with Crippen molar-refractivity contribution < 1.29 is 14.3 Å². The molecule has 0 saturated carbocycles. The van der Waals surface area contributed by atoms with Crippen LogP contribution in [-0.4, -0.2) is 30.7 Å². The lowest BCUT2D eigenvalue weighted by Crippen LogP contribution is -2.42. The molecule has 0 bridgehead atoms. The van der Waals surface area contributed by atoms with Crippen LogP contribution in [0.15, 0.2) is 23.3 Å². The Bertz CT molecular complexity index is 654. The van der Waals surface area contributed by atoms with E-state index in [4.69, 9.17) is 4.74 Å². The van der Waals surface area contributed by atoms with Crippen molar-refractivity contribution in [2.75, 3.05) is 11.9 Å². The largest absolute Gasteiger partial charge is 0.479 e. The van der Waals surface area contributed by atoms with Gasteiger partial charge in [-0.1, -0.05) is 6.92 Å². The number of hydrogen-bond donors (Lipinski definition) is 1. The molecule has 0 aliphatic carbocycles. The summed E-state index contributed by atoms with van der Waals surface area (Å²) in [4.78, 5) is 24.9. The highest BCUT2D eigenvalue weighted by Crippen LogP contribution is 2.34. The minimum atomic E-state index is -0.474. The number of anilines is 1. The Labute approximate surface area is 122 Å². The van der Waals surface area contributed by atoms with Gasteiger partial charge in [-0.15, -0.1) is 0 Å². The van der Waals surface area contributed by atoms with E-state index in [1.165, 1.54) is 0 Å². The van der Waals surface area contributed by atoms with Crippen LogP contribution in [0.3, 0.4) is 0 Å². The predicted molar refractivity (Wildman–Crippen MR) is 78.4 cm³/mol. The van der Waals surface area contributed by atoms with Crippen LogP contribution in [0.25, 0.3) is 0 Å². The number of hydrogen-bond acceptors (Lipinski definition) is 4. The fourth-order valence-electron chi connectivity index (χ4n) is 2.67. The first kappa shape index (κ1) is 13.6. The summed E-state index contributed by atoms with van der Waals surface area (Å²) in [7, 11) is 1.73. The van der Waals surface area contributed by atoms with E-state index < -0.39 is 6.10 Å². The molecule has 2 heterocycles. The molecule has 0 spiro atoms. The van der Waals surface area contributed by atoms with Gasteiger partial charge in [-0.25, -0.2) is 5.43 Å². The number of benzene rings is 1. The summed E-state index contributed by atoms with van der Waals surface area (Å²) in [5.74, 6) is 0.572. The van der Waals surface area contributed by atoms with E-state index in [9.17, 15) is 9.59 Å². The summed E-state index contributed by atoms with van der Waals surface area (Å²) in [5.41, 5.74) is 4.93. The molecule has 2 aliphatic heterocycles. The van der Waals surface area contributed by atoms with E-state index in [1.807, 2.05) is 25.1 Å². The first-order valence-electron chi connectivity index (χ1n) is 6.92. The van der Waals surface area contributed by atoms with Gasteiger partial charge in [-0.3, -0.25) is 9.59 Å². The van der Waals surface area contributed by atoms with E-state index in [2.05, 4.69) is 10.5 Å². The average molecular weight is 287 g/mol. The third-order valence-corrected chi connectivity index (χ3v) is 3.86. The summed E-state index contributed by atoms with van der Waals surface area (Å²) in [6.07, 6.45) is -0.0586. The molecular formula is C15H17N3O3. The summed E-state index contributed by atoms with van der Waals surface area (Å²) < 4.78 is 5.60. The van der Waals surface area contributed by atoms with Crippen molar-refractivity contribution in [3.8, 4) is 5.75 Å². The maximum atomic E-state index is 12.0. The van der Waals surface area contributed by atoms with E-state index in [1.54, 1.807) is 18.9 Å². The smallest absolute Gasteiger partial charge is 0.267 e. The molecule has 2 atom stereocenters. The van der Waals surface area contributed by atoms with Crippen LogP contribution in [0.5, 0.6) is 5.75 Å². The van der Waals surface area contributed by atoms with Gasteiger partial charge in [-0.2, -0.15) is 5.10 Å². The van der Waals surface area contributed by atoms with Crippen molar-refractivity contribution in [3.63, 3.8) is 0 Å². The van der Waals surface area contributed by atoms with Gasteiger partial charge in [0, 0.05) is 24.9 Å². The number of amides is 2. The molecule has 2 aliphatic rings. The summed E-state index contributed by atoms with van der Waals surface area (Å²) in [5, 5.41) is 4.14. The van der Waals surface area contributed by atoms with E-state index in [0.717, 1.165) is 17.0 Å². The summed E-state index contributed by atoms with van der Waals surface area (Å²) in [6.45, 7) is 3.70. The van der Waals surface area contributed by atoms with Crippen molar-refractivity contribution in [3.05, 3.63) is 23.8 Å².